The average Bonchev–Trinajstić information content (AvgIpc) is 2.32. The van der Waals surface area contributed by atoms with Crippen molar-refractivity contribution in [2.45, 2.75) is 6.18 Å². The van der Waals surface area contributed by atoms with Gasteiger partial charge in [0.1, 0.15) is 5.82 Å². The maximum atomic E-state index is 12.4. The average molecular weight is 253 g/mol. The van der Waals surface area contributed by atoms with Crippen LogP contribution in [0.1, 0.15) is 5.56 Å². The standard InChI is InChI=1S/C12H10F3N3/c13-12(14,15)8-3-1-7(2-4-8)9-5-6-18-11(17)10(9)16/h1-6H,16H2,(H2,17,18). The van der Waals surface area contributed by atoms with Crippen LogP contribution in [0.5, 0.6) is 0 Å². The molecule has 0 bridgehead atoms. The Labute approximate surface area is 101 Å². The van der Waals surface area contributed by atoms with Crippen LogP contribution in [-0.4, -0.2) is 4.98 Å². The van der Waals surface area contributed by atoms with Crippen LogP contribution in [0.3, 0.4) is 0 Å². The molecule has 6 heteroatoms. The zero-order valence-corrected chi connectivity index (χ0v) is 9.20. The van der Waals surface area contributed by atoms with Gasteiger partial charge >= 0.3 is 6.18 Å². The van der Waals surface area contributed by atoms with Crippen molar-refractivity contribution in [3.63, 3.8) is 0 Å². The summed E-state index contributed by atoms with van der Waals surface area (Å²) in [4.78, 5) is 3.79. The molecule has 1 aromatic carbocycles. The lowest BCUT2D eigenvalue weighted by molar-refractivity contribution is -0.137. The van der Waals surface area contributed by atoms with Crippen LogP contribution in [0.15, 0.2) is 36.5 Å². The first-order valence-corrected chi connectivity index (χ1v) is 5.07. The quantitative estimate of drug-likeness (QED) is 0.821. The highest BCUT2D eigenvalue weighted by Crippen LogP contribution is 2.33. The van der Waals surface area contributed by atoms with E-state index >= 15 is 0 Å². The first kappa shape index (κ1) is 12.2. The Morgan fingerprint density at radius 1 is 0.944 bits per heavy atom. The minimum absolute atomic E-state index is 0.160. The van der Waals surface area contributed by atoms with Crippen molar-refractivity contribution in [3.8, 4) is 11.1 Å². The predicted octanol–water partition coefficient (Wildman–Crippen LogP) is 2.93. The molecule has 1 heterocycles. The van der Waals surface area contributed by atoms with Crippen molar-refractivity contribution >= 4 is 11.5 Å². The molecule has 0 aliphatic heterocycles. The van der Waals surface area contributed by atoms with Gasteiger partial charge in [0.05, 0.1) is 11.3 Å². The molecule has 0 atom stereocenters. The van der Waals surface area contributed by atoms with Gasteiger partial charge in [-0.1, -0.05) is 12.1 Å². The van der Waals surface area contributed by atoms with Crippen molar-refractivity contribution in [1.29, 1.82) is 0 Å². The molecule has 0 unspecified atom stereocenters. The maximum absolute atomic E-state index is 12.4. The fourth-order valence-corrected chi connectivity index (χ4v) is 1.58. The maximum Gasteiger partial charge on any atom is 0.416 e. The van der Waals surface area contributed by atoms with Crippen LogP contribution in [0.25, 0.3) is 11.1 Å². The van der Waals surface area contributed by atoms with Crippen molar-refractivity contribution in [2.75, 3.05) is 11.5 Å². The molecule has 18 heavy (non-hydrogen) atoms. The molecule has 2 aromatic rings. The van der Waals surface area contributed by atoms with E-state index in [-0.39, 0.29) is 11.5 Å². The molecule has 0 saturated heterocycles. The first-order valence-electron chi connectivity index (χ1n) is 5.07. The van der Waals surface area contributed by atoms with Gasteiger partial charge in [0.2, 0.25) is 0 Å². The Hall–Kier alpha value is -2.24. The van der Waals surface area contributed by atoms with Crippen molar-refractivity contribution in [1.82, 2.24) is 4.98 Å². The Balaban J connectivity index is 2.44. The smallest absolute Gasteiger partial charge is 0.395 e. The van der Waals surface area contributed by atoms with Gasteiger partial charge in [-0.05, 0) is 23.8 Å². The molecule has 0 fully saturated rings. The number of hydrogen-bond donors (Lipinski definition) is 2. The zero-order chi connectivity index (χ0) is 13.3. The highest BCUT2D eigenvalue weighted by molar-refractivity contribution is 5.82. The summed E-state index contributed by atoms with van der Waals surface area (Å²) in [5, 5.41) is 0. The second-order valence-corrected chi connectivity index (χ2v) is 3.73. The number of alkyl halides is 3. The van der Waals surface area contributed by atoms with Gasteiger partial charge in [-0.3, -0.25) is 0 Å². The molecular formula is C12H10F3N3. The lowest BCUT2D eigenvalue weighted by Gasteiger charge is -2.10. The number of benzene rings is 1. The second kappa shape index (κ2) is 4.21. The number of nitrogens with zero attached hydrogens (tertiary/aromatic N) is 1. The largest absolute Gasteiger partial charge is 0.416 e. The minimum Gasteiger partial charge on any atom is -0.395 e. The van der Waals surface area contributed by atoms with E-state index < -0.39 is 11.7 Å². The molecule has 4 N–H and O–H groups in total. The normalized spacial score (nSPS) is 11.5. The van der Waals surface area contributed by atoms with Gasteiger partial charge in [0.25, 0.3) is 0 Å². The molecule has 2 rings (SSSR count). The minimum atomic E-state index is -4.35. The van der Waals surface area contributed by atoms with Gasteiger partial charge in [-0.25, -0.2) is 4.98 Å². The van der Waals surface area contributed by atoms with E-state index in [1.54, 1.807) is 6.07 Å². The summed E-state index contributed by atoms with van der Waals surface area (Å²) in [7, 11) is 0. The molecule has 0 amide bonds. The molecule has 0 radical (unpaired) electrons. The highest BCUT2D eigenvalue weighted by Gasteiger charge is 2.30. The summed E-state index contributed by atoms with van der Waals surface area (Å²) in [6.07, 6.45) is -2.89. The fourth-order valence-electron chi connectivity index (χ4n) is 1.58. The lowest BCUT2D eigenvalue weighted by Crippen LogP contribution is -2.04. The topological polar surface area (TPSA) is 64.9 Å². The van der Waals surface area contributed by atoms with Crippen LogP contribution < -0.4 is 11.5 Å². The molecule has 0 aliphatic carbocycles. The van der Waals surface area contributed by atoms with E-state index in [1.165, 1.54) is 18.3 Å². The van der Waals surface area contributed by atoms with Gasteiger partial charge in [0, 0.05) is 11.8 Å². The number of anilines is 2. The second-order valence-electron chi connectivity index (χ2n) is 3.73. The summed E-state index contributed by atoms with van der Waals surface area (Å²) in [6, 6.07) is 6.33. The molecule has 3 nitrogen and oxygen atoms in total. The molecule has 1 aromatic heterocycles. The summed E-state index contributed by atoms with van der Waals surface area (Å²) >= 11 is 0. The van der Waals surface area contributed by atoms with Gasteiger partial charge in [-0.15, -0.1) is 0 Å². The van der Waals surface area contributed by atoms with E-state index in [1.807, 2.05) is 0 Å². The zero-order valence-electron chi connectivity index (χ0n) is 9.20. The van der Waals surface area contributed by atoms with E-state index in [4.69, 9.17) is 11.5 Å². The van der Waals surface area contributed by atoms with Crippen LogP contribution in [0, 0.1) is 0 Å². The summed E-state index contributed by atoms with van der Waals surface area (Å²) < 4.78 is 37.2. The third kappa shape index (κ3) is 2.22. The molecular weight excluding hydrogens is 243 g/mol. The third-order valence-electron chi connectivity index (χ3n) is 2.54. The number of nitrogens with two attached hydrogens (primary N) is 2. The molecule has 94 valence electrons. The Bertz CT molecular complexity index is 562. The van der Waals surface area contributed by atoms with Crippen molar-refractivity contribution in [3.05, 3.63) is 42.1 Å². The molecule has 0 spiro atoms. The summed E-state index contributed by atoms with van der Waals surface area (Å²) in [6.45, 7) is 0. The van der Waals surface area contributed by atoms with Crippen LogP contribution >= 0.6 is 0 Å². The van der Waals surface area contributed by atoms with Crippen LogP contribution in [0.2, 0.25) is 0 Å². The predicted molar refractivity (Wildman–Crippen MR) is 63.5 cm³/mol. The molecule has 0 aliphatic rings. The summed E-state index contributed by atoms with van der Waals surface area (Å²) in [5.74, 6) is 0.160. The number of nitrogen functional groups attached to an aromatic ring is 2. The number of hydrogen-bond acceptors (Lipinski definition) is 3. The van der Waals surface area contributed by atoms with Crippen LogP contribution in [0.4, 0.5) is 24.7 Å². The number of pyridine rings is 1. The van der Waals surface area contributed by atoms with Crippen LogP contribution in [-0.2, 0) is 6.18 Å². The van der Waals surface area contributed by atoms with Gasteiger partial charge in [0.15, 0.2) is 0 Å². The summed E-state index contributed by atoms with van der Waals surface area (Å²) in [5.41, 5.74) is 12.0. The van der Waals surface area contributed by atoms with Gasteiger partial charge < -0.3 is 11.5 Å². The van der Waals surface area contributed by atoms with E-state index in [2.05, 4.69) is 4.98 Å². The molecule has 0 saturated carbocycles. The first-order chi connectivity index (χ1) is 8.39. The van der Waals surface area contributed by atoms with Crippen molar-refractivity contribution in [2.24, 2.45) is 0 Å². The number of halogens is 3. The van der Waals surface area contributed by atoms with Crippen molar-refractivity contribution < 1.29 is 13.2 Å². The SMILES string of the molecule is Nc1nccc(-c2ccc(C(F)(F)F)cc2)c1N. The highest BCUT2D eigenvalue weighted by atomic mass is 19.4. The number of rotatable bonds is 1. The van der Waals surface area contributed by atoms with E-state index in [0.29, 0.717) is 11.1 Å². The monoisotopic (exact) mass is 253 g/mol. The Kier molecular flexibility index (Phi) is 2.86. The third-order valence-corrected chi connectivity index (χ3v) is 2.54. The fraction of sp³-hybridized carbons (Fsp3) is 0.0833. The lowest BCUT2D eigenvalue weighted by atomic mass is 10.0. The Morgan fingerprint density at radius 3 is 2.11 bits per heavy atom. The number of aromatic nitrogens is 1. The Morgan fingerprint density at radius 2 is 1.56 bits per heavy atom. The van der Waals surface area contributed by atoms with E-state index in [0.717, 1.165) is 12.1 Å². The van der Waals surface area contributed by atoms with E-state index in [9.17, 15) is 13.2 Å². The van der Waals surface area contributed by atoms with Gasteiger partial charge in [-0.2, -0.15) is 13.2 Å².